The zero-order chi connectivity index (χ0) is 15.8. The molecule has 0 saturated heterocycles. The van der Waals surface area contributed by atoms with Crippen molar-refractivity contribution in [2.45, 2.75) is 19.8 Å². The van der Waals surface area contributed by atoms with Crippen molar-refractivity contribution >= 4 is 5.91 Å². The van der Waals surface area contributed by atoms with Crippen LogP contribution in [0.1, 0.15) is 18.1 Å². The van der Waals surface area contributed by atoms with Gasteiger partial charge >= 0.3 is 0 Å². The molecule has 0 aliphatic carbocycles. The molecule has 0 aromatic heterocycles. The molecular formula is C18H20FNO2. The minimum atomic E-state index is -0.254. The first-order chi connectivity index (χ1) is 10.7. The Morgan fingerprint density at radius 1 is 1.14 bits per heavy atom. The first-order valence-corrected chi connectivity index (χ1v) is 7.41. The number of carbonyl (C=O) groups is 1. The van der Waals surface area contributed by atoms with Gasteiger partial charge in [0.05, 0.1) is 0 Å². The van der Waals surface area contributed by atoms with Crippen LogP contribution in [0, 0.1) is 5.82 Å². The molecule has 0 aliphatic rings. The van der Waals surface area contributed by atoms with Crippen molar-refractivity contribution in [3.63, 3.8) is 0 Å². The maximum absolute atomic E-state index is 12.8. The third kappa shape index (κ3) is 4.88. The number of halogens is 1. The number of hydrogen-bond acceptors (Lipinski definition) is 2. The van der Waals surface area contributed by atoms with Crippen molar-refractivity contribution in [1.82, 2.24) is 5.32 Å². The molecule has 0 spiro atoms. The summed E-state index contributed by atoms with van der Waals surface area (Å²) < 4.78 is 18.3. The summed E-state index contributed by atoms with van der Waals surface area (Å²) in [5, 5.41) is 2.80. The van der Waals surface area contributed by atoms with Crippen LogP contribution < -0.4 is 10.1 Å². The molecular weight excluding hydrogens is 281 g/mol. The van der Waals surface area contributed by atoms with Gasteiger partial charge in [0.2, 0.25) is 0 Å². The van der Waals surface area contributed by atoms with Crippen LogP contribution in [-0.4, -0.2) is 19.1 Å². The van der Waals surface area contributed by atoms with E-state index < -0.39 is 0 Å². The fraction of sp³-hybridized carbons (Fsp3) is 0.278. The lowest BCUT2D eigenvalue weighted by Crippen LogP contribution is -2.30. The Morgan fingerprint density at radius 3 is 2.59 bits per heavy atom. The monoisotopic (exact) mass is 301 g/mol. The highest BCUT2D eigenvalue weighted by atomic mass is 19.1. The standard InChI is InChI=1S/C18H20FNO2/c1-2-15-5-3-4-6-17(15)22-13-18(21)20-12-11-14-7-9-16(19)10-8-14/h3-10H,2,11-13H2,1H3,(H,20,21). The largest absolute Gasteiger partial charge is 0.483 e. The van der Waals surface area contributed by atoms with E-state index >= 15 is 0 Å². The number of rotatable bonds is 7. The van der Waals surface area contributed by atoms with Crippen LogP contribution in [0.3, 0.4) is 0 Å². The second-order valence-corrected chi connectivity index (χ2v) is 4.98. The Labute approximate surface area is 130 Å². The zero-order valence-electron chi connectivity index (χ0n) is 12.6. The molecule has 0 heterocycles. The Kier molecular flexibility index (Phi) is 5.95. The quantitative estimate of drug-likeness (QED) is 0.853. The van der Waals surface area contributed by atoms with Gasteiger partial charge in [0.15, 0.2) is 6.61 Å². The molecule has 0 bridgehead atoms. The van der Waals surface area contributed by atoms with Gasteiger partial charge in [0, 0.05) is 6.54 Å². The Hall–Kier alpha value is -2.36. The van der Waals surface area contributed by atoms with Crippen molar-refractivity contribution in [1.29, 1.82) is 0 Å². The van der Waals surface area contributed by atoms with E-state index in [1.807, 2.05) is 31.2 Å². The van der Waals surface area contributed by atoms with Crippen LogP contribution in [0.25, 0.3) is 0 Å². The summed E-state index contributed by atoms with van der Waals surface area (Å²) in [6.07, 6.45) is 1.53. The summed E-state index contributed by atoms with van der Waals surface area (Å²) in [6, 6.07) is 14.0. The minimum absolute atomic E-state index is 0.000428. The lowest BCUT2D eigenvalue weighted by Gasteiger charge is -2.10. The highest BCUT2D eigenvalue weighted by Gasteiger charge is 2.05. The van der Waals surface area contributed by atoms with E-state index in [1.165, 1.54) is 12.1 Å². The topological polar surface area (TPSA) is 38.3 Å². The maximum Gasteiger partial charge on any atom is 0.257 e. The predicted octanol–water partition coefficient (Wildman–Crippen LogP) is 3.13. The summed E-state index contributed by atoms with van der Waals surface area (Å²) in [5.41, 5.74) is 2.07. The molecule has 22 heavy (non-hydrogen) atoms. The molecule has 116 valence electrons. The molecule has 3 nitrogen and oxygen atoms in total. The third-order valence-electron chi connectivity index (χ3n) is 3.36. The molecule has 2 aromatic carbocycles. The summed E-state index contributed by atoms with van der Waals surface area (Å²) in [7, 11) is 0. The van der Waals surface area contributed by atoms with Crippen molar-refractivity contribution in [3.05, 3.63) is 65.5 Å². The smallest absolute Gasteiger partial charge is 0.257 e. The van der Waals surface area contributed by atoms with Crippen molar-refractivity contribution in [2.24, 2.45) is 0 Å². The van der Waals surface area contributed by atoms with E-state index in [1.54, 1.807) is 12.1 Å². The fourth-order valence-corrected chi connectivity index (χ4v) is 2.13. The van der Waals surface area contributed by atoms with E-state index in [9.17, 15) is 9.18 Å². The number of carbonyl (C=O) groups excluding carboxylic acids is 1. The molecule has 0 saturated carbocycles. The van der Waals surface area contributed by atoms with Crippen LogP contribution in [-0.2, 0) is 17.6 Å². The number of ether oxygens (including phenoxy) is 1. The van der Waals surface area contributed by atoms with Gasteiger partial charge in [0.25, 0.3) is 5.91 Å². The highest BCUT2D eigenvalue weighted by molar-refractivity contribution is 5.77. The molecule has 2 aromatic rings. The summed E-state index contributed by atoms with van der Waals surface area (Å²) in [5.74, 6) is 0.336. The Morgan fingerprint density at radius 2 is 1.86 bits per heavy atom. The summed E-state index contributed by atoms with van der Waals surface area (Å²) in [4.78, 5) is 11.8. The second kappa shape index (κ2) is 8.17. The predicted molar refractivity (Wildman–Crippen MR) is 84.4 cm³/mol. The van der Waals surface area contributed by atoms with E-state index in [4.69, 9.17) is 4.74 Å². The first-order valence-electron chi connectivity index (χ1n) is 7.41. The van der Waals surface area contributed by atoms with Gasteiger partial charge in [-0.25, -0.2) is 4.39 Å². The zero-order valence-corrected chi connectivity index (χ0v) is 12.6. The Balaban J connectivity index is 1.73. The molecule has 2 rings (SSSR count). The highest BCUT2D eigenvalue weighted by Crippen LogP contribution is 2.17. The van der Waals surface area contributed by atoms with Gasteiger partial charge in [-0.1, -0.05) is 37.3 Å². The van der Waals surface area contributed by atoms with Gasteiger partial charge in [-0.15, -0.1) is 0 Å². The number of aryl methyl sites for hydroxylation is 1. The van der Waals surface area contributed by atoms with Gasteiger partial charge in [0.1, 0.15) is 11.6 Å². The first kappa shape index (κ1) is 16.0. The lowest BCUT2D eigenvalue weighted by molar-refractivity contribution is -0.123. The number of para-hydroxylation sites is 1. The van der Waals surface area contributed by atoms with Crippen LogP contribution >= 0.6 is 0 Å². The molecule has 0 atom stereocenters. The summed E-state index contributed by atoms with van der Waals surface area (Å²) in [6.45, 7) is 2.55. The minimum Gasteiger partial charge on any atom is -0.483 e. The van der Waals surface area contributed by atoms with Crippen molar-refractivity contribution < 1.29 is 13.9 Å². The van der Waals surface area contributed by atoms with Crippen molar-refractivity contribution in [2.75, 3.05) is 13.2 Å². The van der Waals surface area contributed by atoms with E-state index in [-0.39, 0.29) is 18.3 Å². The molecule has 4 heteroatoms. The van der Waals surface area contributed by atoms with E-state index in [0.717, 1.165) is 23.3 Å². The van der Waals surface area contributed by atoms with Gasteiger partial charge < -0.3 is 10.1 Å². The fourth-order valence-electron chi connectivity index (χ4n) is 2.13. The molecule has 0 fully saturated rings. The van der Waals surface area contributed by atoms with Crippen LogP contribution in [0.2, 0.25) is 0 Å². The average Bonchev–Trinajstić information content (AvgIpc) is 2.55. The molecule has 0 radical (unpaired) electrons. The third-order valence-corrected chi connectivity index (χ3v) is 3.36. The number of amides is 1. The molecule has 0 aliphatic heterocycles. The van der Waals surface area contributed by atoms with Gasteiger partial charge in [-0.05, 0) is 42.2 Å². The maximum atomic E-state index is 12.8. The Bertz CT molecular complexity index is 611. The van der Waals surface area contributed by atoms with Crippen molar-refractivity contribution in [3.8, 4) is 5.75 Å². The number of hydrogen-bond donors (Lipinski definition) is 1. The average molecular weight is 301 g/mol. The lowest BCUT2D eigenvalue weighted by atomic mass is 10.1. The SMILES string of the molecule is CCc1ccccc1OCC(=O)NCCc1ccc(F)cc1. The number of benzene rings is 2. The number of nitrogens with one attached hydrogen (secondary N) is 1. The molecule has 1 N–H and O–H groups in total. The van der Waals surface area contributed by atoms with E-state index in [2.05, 4.69) is 5.32 Å². The molecule has 0 unspecified atom stereocenters. The normalized spacial score (nSPS) is 10.3. The van der Waals surface area contributed by atoms with Crippen LogP contribution in [0.15, 0.2) is 48.5 Å². The second-order valence-electron chi connectivity index (χ2n) is 4.98. The van der Waals surface area contributed by atoms with Gasteiger partial charge in [-0.3, -0.25) is 4.79 Å². The molecule has 1 amide bonds. The van der Waals surface area contributed by atoms with Gasteiger partial charge in [-0.2, -0.15) is 0 Å². The van der Waals surface area contributed by atoms with E-state index in [0.29, 0.717) is 13.0 Å². The van der Waals surface area contributed by atoms with Crippen LogP contribution in [0.4, 0.5) is 4.39 Å². The summed E-state index contributed by atoms with van der Waals surface area (Å²) >= 11 is 0. The van der Waals surface area contributed by atoms with Crippen LogP contribution in [0.5, 0.6) is 5.75 Å².